The van der Waals surface area contributed by atoms with E-state index in [9.17, 15) is 8.42 Å². The molecule has 0 aliphatic carbocycles. The summed E-state index contributed by atoms with van der Waals surface area (Å²) in [5, 5.41) is 3.08. The van der Waals surface area contributed by atoms with Gasteiger partial charge in [-0.05, 0) is 17.7 Å². The van der Waals surface area contributed by atoms with E-state index in [2.05, 4.69) is 10.0 Å². The van der Waals surface area contributed by atoms with Gasteiger partial charge >= 0.3 is 0 Å². The minimum Gasteiger partial charge on any atom is -0.497 e. The van der Waals surface area contributed by atoms with E-state index in [1.54, 1.807) is 7.11 Å². The van der Waals surface area contributed by atoms with Gasteiger partial charge in [0.15, 0.2) is 0 Å². The van der Waals surface area contributed by atoms with Gasteiger partial charge in [0.05, 0.1) is 12.9 Å². The number of sulfonamides is 1. The van der Waals surface area contributed by atoms with Crippen molar-refractivity contribution in [2.24, 2.45) is 0 Å². The van der Waals surface area contributed by atoms with Crippen LogP contribution in [0.5, 0.6) is 5.75 Å². The van der Waals surface area contributed by atoms with Gasteiger partial charge in [0.2, 0.25) is 10.0 Å². The Morgan fingerprint density at radius 1 is 1.21 bits per heavy atom. The Hall–Kier alpha value is -1.11. The van der Waals surface area contributed by atoms with Gasteiger partial charge < -0.3 is 10.1 Å². The van der Waals surface area contributed by atoms with E-state index in [4.69, 9.17) is 4.74 Å². The molecule has 2 N–H and O–H groups in total. The first-order valence-corrected chi connectivity index (χ1v) is 7.92. The van der Waals surface area contributed by atoms with Crippen molar-refractivity contribution in [3.8, 4) is 5.75 Å². The third-order valence-electron chi connectivity index (χ3n) is 2.58. The highest BCUT2D eigenvalue weighted by atomic mass is 32.2. The maximum absolute atomic E-state index is 11.7. The summed E-state index contributed by atoms with van der Waals surface area (Å²) in [4.78, 5) is 0. The van der Waals surface area contributed by atoms with Crippen LogP contribution >= 0.6 is 0 Å². The molecule has 0 unspecified atom stereocenters. The van der Waals surface area contributed by atoms with Crippen LogP contribution in [0, 0.1) is 0 Å². The smallest absolute Gasteiger partial charge is 0.213 e. The Balaban J connectivity index is 2.41. The Labute approximate surface area is 115 Å². The summed E-state index contributed by atoms with van der Waals surface area (Å²) in [6, 6.07) is 7.59. The second-order valence-electron chi connectivity index (χ2n) is 4.60. The van der Waals surface area contributed by atoms with Gasteiger partial charge in [0, 0.05) is 19.1 Å². The topological polar surface area (TPSA) is 67.4 Å². The summed E-state index contributed by atoms with van der Waals surface area (Å²) < 4.78 is 31.1. The molecule has 0 aliphatic heterocycles. The third kappa shape index (κ3) is 6.56. The summed E-state index contributed by atoms with van der Waals surface area (Å²) in [5.41, 5.74) is 0.904. The van der Waals surface area contributed by atoms with Gasteiger partial charge in [-0.15, -0.1) is 0 Å². The molecule has 1 rings (SSSR count). The van der Waals surface area contributed by atoms with Crippen molar-refractivity contribution in [2.45, 2.75) is 26.4 Å². The van der Waals surface area contributed by atoms with Crippen LogP contribution in [0.15, 0.2) is 24.3 Å². The van der Waals surface area contributed by atoms with E-state index in [-0.39, 0.29) is 11.8 Å². The summed E-state index contributed by atoms with van der Waals surface area (Å²) >= 11 is 0. The molecule has 0 bridgehead atoms. The first-order chi connectivity index (χ1) is 8.93. The molecule has 0 radical (unpaired) electrons. The lowest BCUT2D eigenvalue weighted by Crippen LogP contribution is -2.34. The molecule has 0 fully saturated rings. The molecule has 5 nitrogen and oxygen atoms in total. The van der Waals surface area contributed by atoms with Crippen molar-refractivity contribution in [1.82, 2.24) is 10.0 Å². The van der Waals surface area contributed by atoms with Gasteiger partial charge in [0.25, 0.3) is 0 Å². The minimum atomic E-state index is -3.23. The molecule has 0 aliphatic rings. The Morgan fingerprint density at radius 3 is 2.37 bits per heavy atom. The van der Waals surface area contributed by atoms with Crippen LogP contribution in [0.1, 0.15) is 19.4 Å². The second-order valence-corrected chi connectivity index (χ2v) is 6.52. The fourth-order valence-corrected chi connectivity index (χ4v) is 2.41. The van der Waals surface area contributed by atoms with Crippen molar-refractivity contribution in [3.05, 3.63) is 29.8 Å². The van der Waals surface area contributed by atoms with Crippen LogP contribution < -0.4 is 14.8 Å². The van der Waals surface area contributed by atoms with Crippen LogP contribution in [-0.4, -0.2) is 33.9 Å². The van der Waals surface area contributed by atoms with Crippen molar-refractivity contribution in [2.75, 3.05) is 19.4 Å². The number of ether oxygens (including phenoxy) is 1. The molecule has 0 atom stereocenters. The fourth-order valence-electron chi connectivity index (χ4n) is 1.49. The summed E-state index contributed by atoms with van der Waals surface area (Å²) in [5.74, 6) is 0.842. The zero-order valence-corrected chi connectivity index (χ0v) is 12.5. The molecular formula is C13H22N2O3S. The first kappa shape index (κ1) is 15.9. The fraction of sp³-hybridized carbons (Fsp3) is 0.538. The van der Waals surface area contributed by atoms with E-state index in [0.29, 0.717) is 13.1 Å². The number of hydrogen-bond donors (Lipinski definition) is 2. The maximum atomic E-state index is 11.7. The highest BCUT2D eigenvalue weighted by Gasteiger charge is 2.09. The van der Waals surface area contributed by atoms with Crippen LogP contribution in [-0.2, 0) is 16.6 Å². The third-order valence-corrected chi connectivity index (χ3v) is 3.90. The van der Waals surface area contributed by atoms with Gasteiger partial charge in [-0.1, -0.05) is 26.0 Å². The quantitative estimate of drug-likeness (QED) is 0.751. The highest BCUT2D eigenvalue weighted by Crippen LogP contribution is 2.11. The maximum Gasteiger partial charge on any atom is 0.213 e. The van der Waals surface area contributed by atoms with E-state index in [1.807, 2.05) is 38.1 Å². The van der Waals surface area contributed by atoms with Gasteiger partial charge in [-0.2, -0.15) is 0 Å². The van der Waals surface area contributed by atoms with Crippen LogP contribution in [0.3, 0.4) is 0 Å². The van der Waals surface area contributed by atoms with E-state index < -0.39 is 10.0 Å². The molecule has 0 spiro atoms. The average molecular weight is 286 g/mol. The zero-order valence-electron chi connectivity index (χ0n) is 11.6. The van der Waals surface area contributed by atoms with Crippen LogP contribution in [0.2, 0.25) is 0 Å². The lowest BCUT2D eigenvalue weighted by Gasteiger charge is -2.10. The van der Waals surface area contributed by atoms with Crippen LogP contribution in [0.25, 0.3) is 0 Å². The largest absolute Gasteiger partial charge is 0.497 e. The van der Waals surface area contributed by atoms with Gasteiger partial charge in [0.1, 0.15) is 5.75 Å². The molecule has 0 amide bonds. The van der Waals surface area contributed by atoms with Crippen molar-refractivity contribution in [1.29, 1.82) is 0 Å². The number of methoxy groups -OCH3 is 1. The second kappa shape index (κ2) is 7.47. The summed E-state index contributed by atoms with van der Waals surface area (Å²) in [6.45, 7) is 4.72. The van der Waals surface area contributed by atoms with Crippen molar-refractivity contribution >= 4 is 10.0 Å². The molecule has 6 heteroatoms. The highest BCUT2D eigenvalue weighted by molar-refractivity contribution is 7.89. The normalized spacial score (nSPS) is 11.8. The molecule has 19 heavy (non-hydrogen) atoms. The number of hydrogen-bond acceptors (Lipinski definition) is 4. The Kier molecular flexibility index (Phi) is 6.27. The molecule has 0 saturated carbocycles. The number of rotatable bonds is 8. The molecule has 1 aromatic carbocycles. The number of nitrogens with one attached hydrogen (secondary N) is 2. The number of benzene rings is 1. The lowest BCUT2D eigenvalue weighted by atomic mass is 10.2. The average Bonchev–Trinajstić information content (AvgIpc) is 2.36. The van der Waals surface area contributed by atoms with E-state index in [0.717, 1.165) is 11.3 Å². The summed E-state index contributed by atoms with van der Waals surface area (Å²) in [7, 11) is -1.64. The predicted molar refractivity (Wildman–Crippen MR) is 76.8 cm³/mol. The monoisotopic (exact) mass is 286 g/mol. The van der Waals surface area contributed by atoms with Gasteiger partial charge in [-0.3, -0.25) is 0 Å². The van der Waals surface area contributed by atoms with Gasteiger partial charge in [-0.25, -0.2) is 13.1 Å². The molecule has 0 heterocycles. The Morgan fingerprint density at radius 2 is 1.84 bits per heavy atom. The van der Waals surface area contributed by atoms with Crippen molar-refractivity contribution in [3.63, 3.8) is 0 Å². The molecule has 0 saturated heterocycles. The van der Waals surface area contributed by atoms with Crippen LogP contribution in [0.4, 0.5) is 0 Å². The van der Waals surface area contributed by atoms with E-state index in [1.165, 1.54) is 0 Å². The first-order valence-electron chi connectivity index (χ1n) is 6.26. The van der Waals surface area contributed by atoms with E-state index >= 15 is 0 Å². The zero-order chi connectivity index (χ0) is 14.3. The molecular weight excluding hydrogens is 264 g/mol. The molecule has 1 aromatic rings. The predicted octanol–water partition coefficient (Wildman–Crippen LogP) is 1.11. The SMILES string of the molecule is COc1ccc(CNS(=O)(=O)CCNC(C)C)cc1. The van der Waals surface area contributed by atoms with Crippen molar-refractivity contribution < 1.29 is 13.2 Å². The minimum absolute atomic E-state index is 0.0847. The standard InChI is InChI=1S/C13H22N2O3S/c1-11(2)14-8-9-19(16,17)15-10-12-4-6-13(18-3)7-5-12/h4-7,11,14-15H,8-10H2,1-3H3. The summed E-state index contributed by atoms with van der Waals surface area (Å²) in [6.07, 6.45) is 0. The molecule has 0 aromatic heterocycles. The molecule has 108 valence electrons. The lowest BCUT2D eigenvalue weighted by molar-refractivity contribution is 0.414. The Bertz CT molecular complexity index is 469.